The molecule has 1 aliphatic rings. The van der Waals surface area contributed by atoms with Crippen LogP contribution in [0.5, 0.6) is 23.1 Å². The fraction of sp³-hybridized carbons (Fsp3) is 0.0714. The summed E-state index contributed by atoms with van der Waals surface area (Å²) in [5, 5.41) is 5.91. The molecule has 0 unspecified atom stereocenters. The first-order valence-corrected chi connectivity index (χ1v) is 13.1. The molecule has 14 heteroatoms. The van der Waals surface area contributed by atoms with Gasteiger partial charge in [-0.1, -0.05) is 41.4 Å². The molecule has 4 aromatic rings. The molecule has 214 valence electrons. The minimum absolute atomic E-state index is 0.0126. The van der Waals surface area contributed by atoms with E-state index in [0.29, 0.717) is 11.5 Å². The van der Waals surface area contributed by atoms with E-state index < -0.39 is 40.7 Å². The molecule has 5 rings (SSSR count). The number of thiocarbonyl (C=S) groups is 1. The Labute approximate surface area is 251 Å². The van der Waals surface area contributed by atoms with Crippen molar-refractivity contribution in [3.05, 3.63) is 99.7 Å². The van der Waals surface area contributed by atoms with Crippen LogP contribution in [-0.2, 0) is 22.8 Å². The van der Waals surface area contributed by atoms with Gasteiger partial charge in [-0.2, -0.15) is 18.3 Å². The van der Waals surface area contributed by atoms with Crippen LogP contribution in [0.25, 0.3) is 6.08 Å². The lowest BCUT2D eigenvalue weighted by Crippen LogP contribution is -2.54. The number of amides is 2. The number of carbonyl (C=O) groups excluding carboxylic acids is 2. The van der Waals surface area contributed by atoms with Crippen LogP contribution < -0.4 is 19.7 Å². The standard InChI is InChI=1S/C28H17Cl2F3N4O4S/c1-36-26(41-22-12-7-15(29)13-21(22)30)19(23(35-36)28(31,32)33)14-20-24(38)34-27(42)37(25(20)39)16-8-10-18(11-9-16)40-17-5-3-2-4-6-17/h2-14H,1H3,(H,34,38,42). The van der Waals surface area contributed by atoms with Gasteiger partial charge in [0.1, 0.15) is 22.8 Å². The van der Waals surface area contributed by atoms with Gasteiger partial charge >= 0.3 is 6.18 Å². The Morgan fingerprint density at radius 1 is 0.952 bits per heavy atom. The van der Waals surface area contributed by atoms with Crippen LogP contribution in [0, 0.1) is 0 Å². The van der Waals surface area contributed by atoms with Crippen LogP contribution in [0.2, 0.25) is 10.0 Å². The van der Waals surface area contributed by atoms with Gasteiger partial charge in [-0.25, -0.2) is 4.68 Å². The fourth-order valence-electron chi connectivity index (χ4n) is 3.97. The molecule has 42 heavy (non-hydrogen) atoms. The number of benzene rings is 3. The lowest BCUT2D eigenvalue weighted by Gasteiger charge is -2.29. The second-order valence-electron chi connectivity index (χ2n) is 8.73. The smallest absolute Gasteiger partial charge is 0.435 e. The summed E-state index contributed by atoms with van der Waals surface area (Å²) in [4.78, 5) is 27.4. The van der Waals surface area contributed by atoms with Crippen LogP contribution in [-0.4, -0.2) is 26.7 Å². The molecule has 0 saturated carbocycles. The van der Waals surface area contributed by atoms with Gasteiger partial charge < -0.3 is 9.47 Å². The zero-order valence-electron chi connectivity index (χ0n) is 21.3. The molecular weight excluding hydrogens is 616 g/mol. The number of hydrogen-bond donors (Lipinski definition) is 1. The second kappa shape index (κ2) is 11.5. The van der Waals surface area contributed by atoms with E-state index >= 15 is 0 Å². The first-order valence-electron chi connectivity index (χ1n) is 11.9. The summed E-state index contributed by atoms with van der Waals surface area (Å²) >= 11 is 17.3. The van der Waals surface area contributed by atoms with Crippen LogP contribution in [0.1, 0.15) is 11.3 Å². The Kier molecular flexibility index (Phi) is 7.95. The average Bonchev–Trinajstić information content (AvgIpc) is 3.24. The van der Waals surface area contributed by atoms with Gasteiger partial charge in [0.15, 0.2) is 10.8 Å². The van der Waals surface area contributed by atoms with Crippen LogP contribution in [0.4, 0.5) is 18.9 Å². The summed E-state index contributed by atoms with van der Waals surface area (Å²) in [7, 11) is 1.21. The van der Waals surface area contributed by atoms with E-state index in [0.717, 1.165) is 15.7 Å². The summed E-state index contributed by atoms with van der Waals surface area (Å²) in [6.07, 6.45) is -4.21. The summed E-state index contributed by atoms with van der Waals surface area (Å²) in [5.41, 5.74) is -2.46. The van der Waals surface area contributed by atoms with Crippen LogP contribution in [0.3, 0.4) is 0 Å². The molecule has 0 bridgehead atoms. The summed E-state index contributed by atoms with van der Waals surface area (Å²) in [6.45, 7) is 0. The predicted octanol–water partition coefficient (Wildman–Crippen LogP) is 7.16. The van der Waals surface area contributed by atoms with Gasteiger partial charge in [0.2, 0.25) is 5.88 Å². The molecule has 1 saturated heterocycles. The van der Waals surface area contributed by atoms with Crippen molar-refractivity contribution < 1.29 is 32.2 Å². The highest BCUT2D eigenvalue weighted by molar-refractivity contribution is 7.80. The summed E-state index contributed by atoms with van der Waals surface area (Å²) < 4.78 is 54.3. The number of aromatic nitrogens is 2. The summed E-state index contributed by atoms with van der Waals surface area (Å²) in [6, 6.07) is 19.3. The van der Waals surface area contributed by atoms with Gasteiger partial charge in [-0.3, -0.25) is 19.8 Å². The molecule has 2 heterocycles. The quantitative estimate of drug-likeness (QED) is 0.138. The van der Waals surface area contributed by atoms with Crippen molar-refractivity contribution in [2.24, 2.45) is 7.05 Å². The predicted molar refractivity (Wildman–Crippen MR) is 154 cm³/mol. The lowest BCUT2D eigenvalue weighted by atomic mass is 10.1. The number of ether oxygens (including phenoxy) is 2. The van der Waals surface area contributed by atoms with Gasteiger partial charge in [0.05, 0.1) is 16.3 Å². The van der Waals surface area contributed by atoms with Crippen molar-refractivity contribution in [1.82, 2.24) is 15.1 Å². The maximum atomic E-state index is 14.0. The van der Waals surface area contributed by atoms with Crippen molar-refractivity contribution >= 4 is 64.1 Å². The highest BCUT2D eigenvalue weighted by Gasteiger charge is 2.41. The number of hydrogen-bond acceptors (Lipinski definition) is 6. The number of alkyl halides is 3. The largest absolute Gasteiger partial charge is 0.457 e. The fourth-order valence-corrected chi connectivity index (χ4v) is 4.70. The Balaban J connectivity index is 1.52. The van der Waals surface area contributed by atoms with Crippen LogP contribution >= 0.6 is 35.4 Å². The van der Waals surface area contributed by atoms with E-state index in [-0.39, 0.29) is 26.6 Å². The molecule has 1 aromatic heterocycles. The minimum atomic E-state index is -4.96. The number of halogens is 5. The third kappa shape index (κ3) is 5.96. The van der Waals surface area contributed by atoms with E-state index in [1.54, 1.807) is 36.4 Å². The number of carbonyl (C=O) groups is 2. The third-order valence-corrected chi connectivity index (χ3v) is 6.68. The molecule has 1 aliphatic heterocycles. The number of nitrogens with one attached hydrogen (secondary N) is 1. The second-order valence-corrected chi connectivity index (χ2v) is 9.96. The zero-order chi connectivity index (χ0) is 30.2. The molecule has 2 amide bonds. The maximum absolute atomic E-state index is 14.0. The monoisotopic (exact) mass is 632 g/mol. The van der Waals surface area contributed by atoms with Gasteiger partial charge in [-0.05, 0) is 72.9 Å². The molecule has 0 atom stereocenters. The minimum Gasteiger partial charge on any atom is -0.457 e. The van der Waals surface area contributed by atoms with Gasteiger partial charge in [0, 0.05) is 12.1 Å². The average molecular weight is 633 g/mol. The molecule has 1 fully saturated rings. The Bertz CT molecular complexity index is 1740. The van der Waals surface area contributed by atoms with E-state index in [1.165, 1.54) is 37.4 Å². The zero-order valence-corrected chi connectivity index (χ0v) is 23.6. The van der Waals surface area contributed by atoms with Crippen molar-refractivity contribution in [1.29, 1.82) is 0 Å². The number of aryl methyl sites for hydroxylation is 1. The van der Waals surface area contributed by atoms with E-state index in [4.69, 9.17) is 44.9 Å². The first kappa shape index (κ1) is 29.1. The Hall–Kier alpha value is -4.39. The Morgan fingerprint density at radius 2 is 1.62 bits per heavy atom. The normalized spacial score (nSPS) is 14.8. The summed E-state index contributed by atoms with van der Waals surface area (Å²) in [5.74, 6) is -1.39. The molecule has 0 spiro atoms. The number of rotatable bonds is 6. The Morgan fingerprint density at radius 3 is 2.26 bits per heavy atom. The SMILES string of the molecule is Cn1nc(C(F)(F)F)c(C=C2C(=O)NC(=S)N(c3ccc(Oc4ccccc4)cc3)C2=O)c1Oc1ccc(Cl)cc1Cl. The number of anilines is 1. The maximum Gasteiger partial charge on any atom is 0.435 e. The van der Waals surface area contributed by atoms with Crippen LogP contribution in [0.15, 0.2) is 78.4 Å². The van der Waals surface area contributed by atoms with Crippen molar-refractivity contribution in [2.75, 3.05) is 4.90 Å². The number of nitrogens with zero attached hydrogens (tertiary/aromatic N) is 3. The first-order chi connectivity index (χ1) is 19.9. The highest BCUT2D eigenvalue weighted by Crippen LogP contribution is 2.40. The van der Waals surface area contributed by atoms with Crippen molar-refractivity contribution in [3.8, 4) is 23.1 Å². The highest BCUT2D eigenvalue weighted by atomic mass is 35.5. The molecule has 8 nitrogen and oxygen atoms in total. The number of para-hydroxylation sites is 1. The van der Waals surface area contributed by atoms with Gasteiger partial charge in [0.25, 0.3) is 11.8 Å². The molecule has 0 radical (unpaired) electrons. The van der Waals surface area contributed by atoms with Gasteiger partial charge in [-0.15, -0.1) is 0 Å². The van der Waals surface area contributed by atoms with E-state index in [1.807, 2.05) is 6.07 Å². The van der Waals surface area contributed by atoms with Crippen molar-refractivity contribution in [2.45, 2.75) is 6.18 Å². The molecule has 1 N–H and O–H groups in total. The topological polar surface area (TPSA) is 85.7 Å². The molecule has 3 aromatic carbocycles. The lowest BCUT2D eigenvalue weighted by molar-refractivity contribution is -0.141. The molecule has 0 aliphatic carbocycles. The van der Waals surface area contributed by atoms with Crippen molar-refractivity contribution in [3.63, 3.8) is 0 Å². The van der Waals surface area contributed by atoms with E-state index in [9.17, 15) is 22.8 Å². The molecular formula is C28H17Cl2F3N4O4S. The third-order valence-electron chi connectivity index (χ3n) is 5.86. The van der Waals surface area contributed by atoms with E-state index in [2.05, 4.69) is 10.4 Å².